The van der Waals surface area contributed by atoms with Gasteiger partial charge in [0.1, 0.15) is 23.8 Å². The molecule has 0 radical (unpaired) electrons. The third-order valence-corrected chi connectivity index (χ3v) is 4.96. The maximum absolute atomic E-state index is 12.5. The molecule has 30 heavy (non-hydrogen) atoms. The van der Waals surface area contributed by atoms with Crippen molar-refractivity contribution in [2.45, 2.75) is 50.8 Å². The molecule has 0 bridgehead atoms. The van der Waals surface area contributed by atoms with E-state index in [1.54, 1.807) is 0 Å². The van der Waals surface area contributed by atoms with Gasteiger partial charge in [-0.1, -0.05) is 13.8 Å². The van der Waals surface area contributed by atoms with Crippen molar-refractivity contribution in [3.63, 3.8) is 0 Å². The highest BCUT2D eigenvalue weighted by Gasteiger charge is 2.49. The third kappa shape index (κ3) is 6.54. The predicted octanol–water partition coefficient (Wildman–Crippen LogP) is -1.67. The molecule has 1 aliphatic rings. The second-order valence-corrected chi connectivity index (χ2v) is 8.67. The van der Waals surface area contributed by atoms with Crippen LogP contribution in [0.5, 0.6) is 0 Å². The second-order valence-electron chi connectivity index (χ2n) is 7.43. The van der Waals surface area contributed by atoms with Crippen molar-refractivity contribution in [1.82, 2.24) is 5.32 Å². The molecule has 1 saturated heterocycles. The molecule has 168 valence electrons. The Morgan fingerprint density at radius 3 is 2.57 bits per heavy atom. The fraction of sp³-hybridized carbons (Fsp3) is 0.588. The molecule has 1 aromatic heterocycles. The first-order chi connectivity index (χ1) is 13.9. The van der Waals surface area contributed by atoms with Gasteiger partial charge in [-0.15, -0.1) is 0 Å². The topological polar surface area (TPSA) is 193 Å². The minimum atomic E-state index is -4.78. The summed E-state index contributed by atoms with van der Waals surface area (Å²) in [6.07, 6.45) is -2.08. The Kier molecular flexibility index (Phi) is 8.06. The maximum atomic E-state index is 12.5. The number of hydrogen-bond acceptors (Lipinski definition) is 7. The molecule has 0 aliphatic carbocycles. The molecule has 0 aromatic carbocycles. The van der Waals surface area contributed by atoms with Crippen LogP contribution in [0.1, 0.15) is 36.9 Å². The van der Waals surface area contributed by atoms with Gasteiger partial charge in [-0.3, -0.25) is 14.1 Å². The predicted molar refractivity (Wildman–Crippen MR) is 100 cm³/mol. The van der Waals surface area contributed by atoms with Gasteiger partial charge in [0.25, 0.3) is 12.1 Å². The summed E-state index contributed by atoms with van der Waals surface area (Å²) < 4.78 is 22.0. The largest absolute Gasteiger partial charge is 0.469 e. The molecule has 1 fully saturated rings. The maximum Gasteiger partial charge on any atom is 0.469 e. The van der Waals surface area contributed by atoms with Crippen molar-refractivity contribution in [2.75, 3.05) is 6.61 Å². The number of nitrogens with two attached hydrogens (primary N) is 1. The van der Waals surface area contributed by atoms with Crippen LogP contribution in [0.3, 0.4) is 0 Å². The molecule has 2 heterocycles. The van der Waals surface area contributed by atoms with E-state index in [0.29, 0.717) is 6.42 Å². The van der Waals surface area contributed by atoms with Crippen molar-refractivity contribution >= 4 is 19.6 Å². The number of carbonyl (C=O) groups excluding carboxylic acids is 2. The first-order valence-corrected chi connectivity index (χ1v) is 10.7. The van der Waals surface area contributed by atoms with E-state index in [2.05, 4.69) is 9.84 Å². The number of aliphatic hydroxyl groups excluding tert-OH is 2. The van der Waals surface area contributed by atoms with Crippen LogP contribution >= 0.6 is 7.82 Å². The molecule has 7 N–H and O–H groups in total. The van der Waals surface area contributed by atoms with Crippen LogP contribution in [0.2, 0.25) is 0 Å². The van der Waals surface area contributed by atoms with Crippen LogP contribution in [0.4, 0.5) is 0 Å². The van der Waals surface area contributed by atoms with Gasteiger partial charge in [-0.25, -0.2) is 4.57 Å². The first-order valence-electron chi connectivity index (χ1n) is 9.21. The number of aliphatic hydroxyl groups is 2. The molecule has 13 heteroatoms. The van der Waals surface area contributed by atoms with Crippen LogP contribution in [0, 0.1) is 5.92 Å². The number of phosphoric acid groups is 1. The molecule has 1 aliphatic heterocycles. The summed E-state index contributed by atoms with van der Waals surface area (Å²) in [5.74, 6) is -1.10. The summed E-state index contributed by atoms with van der Waals surface area (Å²) >= 11 is 0. The quantitative estimate of drug-likeness (QED) is 0.189. The number of ether oxygens (including phenoxy) is 1. The number of pyridine rings is 1. The molecule has 0 unspecified atom stereocenters. The van der Waals surface area contributed by atoms with Gasteiger partial charge in [0.05, 0.1) is 6.61 Å². The SMILES string of the molecule is CC(C)C[C@@H](NC(=O)c1ccc[n+]([C@@H]2O[C@H](COP(=O)(O)O)[C@@H](O)[C@H]2O)c1)C(N)=O. The standard InChI is InChI=1S/C17H26N3O9P/c1-9(2)6-11(15(18)23)19-16(24)10-4-3-5-20(7-10)17-14(22)13(21)12(29-17)8-28-30(25,26)27/h3-5,7,9,11-14,17,21-22H,6,8H2,1-2H3,(H4-,18,19,23,24,25,26,27)/p+1/t11-,12-,13-,14-,17-/m1/s1. The molecule has 1 aromatic rings. The van der Waals surface area contributed by atoms with Crippen LogP contribution in [-0.2, 0) is 18.6 Å². The van der Waals surface area contributed by atoms with Crippen LogP contribution in [-0.4, -0.2) is 62.8 Å². The van der Waals surface area contributed by atoms with E-state index in [1.807, 2.05) is 13.8 Å². The summed E-state index contributed by atoms with van der Waals surface area (Å²) in [5.41, 5.74) is 5.49. The van der Waals surface area contributed by atoms with Gasteiger partial charge < -0.3 is 35.8 Å². The lowest BCUT2D eigenvalue weighted by Crippen LogP contribution is -2.48. The molecule has 0 saturated carbocycles. The van der Waals surface area contributed by atoms with Gasteiger partial charge in [0, 0.05) is 6.07 Å². The number of amides is 2. The minimum Gasteiger partial charge on any atom is -0.387 e. The summed E-state index contributed by atoms with van der Waals surface area (Å²) in [5, 5.41) is 22.9. The normalized spacial score (nSPS) is 25.3. The van der Waals surface area contributed by atoms with Gasteiger partial charge in [-0.2, -0.15) is 4.57 Å². The smallest absolute Gasteiger partial charge is 0.387 e. The highest BCUT2D eigenvalue weighted by Crippen LogP contribution is 2.37. The van der Waals surface area contributed by atoms with E-state index in [1.165, 1.54) is 29.1 Å². The Bertz CT molecular complexity index is 815. The highest BCUT2D eigenvalue weighted by atomic mass is 31.2. The lowest BCUT2D eigenvalue weighted by molar-refractivity contribution is -0.765. The molecular formula is C17H27N3O9P+. The van der Waals surface area contributed by atoms with E-state index in [9.17, 15) is 24.4 Å². The van der Waals surface area contributed by atoms with E-state index in [-0.39, 0.29) is 11.5 Å². The van der Waals surface area contributed by atoms with E-state index in [4.69, 9.17) is 20.3 Å². The Morgan fingerprint density at radius 1 is 1.33 bits per heavy atom. The summed E-state index contributed by atoms with van der Waals surface area (Å²) in [6.45, 7) is 3.12. The van der Waals surface area contributed by atoms with Crippen molar-refractivity contribution in [3.8, 4) is 0 Å². The van der Waals surface area contributed by atoms with Gasteiger partial charge in [-0.05, 0) is 18.4 Å². The van der Waals surface area contributed by atoms with Crippen LogP contribution in [0.25, 0.3) is 0 Å². The Labute approximate surface area is 172 Å². The Morgan fingerprint density at radius 2 is 2.00 bits per heavy atom. The number of nitrogens with zero attached hydrogens (tertiary/aromatic N) is 1. The fourth-order valence-electron chi connectivity index (χ4n) is 3.03. The second kappa shape index (κ2) is 9.92. The van der Waals surface area contributed by atoms with Crippen molar-refractivity contribution in [2.24, 2.45) is 11.7 Å². The number of aromatic nitrogens is 1. The van der Waals surface area contributed by atoms with E-state index < -0.39 is 56.8 Å². The lowest BCUT2D eigenvalue weighted by Gasteiger charge is -2.17. The van der Waals surface area contributed by atoms with Gasteiger partial charge in [0.2, 0.25) is 5.91 Å². The number of rotatable bonds is 9. The zero-order valence-corrected chi connectivity index (χ0v) is 17.4. The molecule has 2 amide bonds. The molecule has 5 atom stereocenters. The fourth-order valence-corrected chi connectivity index (χ4v) is 3.37. The number of hydrogen-bond donors (Lipinski definition) is 6. The number of carbonyl (C=O) groups is 2. The van der Waals surface area contributed by atoms with Crippen LogP contribution in [0.15, 0.2) is 24.5 Å². The monoisotopic (exact) mass is 448 g/mol. The molecule has 12 nitrogen and oxygen atoms in total. The van der Waals surface area contributed by atoms with E-state index >= 15 is 0 Å². The van der Waals surface area contributed by atoms with Gasteiger partial charge >= 0.3 is 7.82 Å². The average Bonchev–Trinajstić information content (AvgIpc) is 2.93. The molecular weight excluding hydrogens is 421 g/mol. The van der Waals surface area contributed by atoms with Gasteiger partial charge in [0.15, 0.2) is 18.5 Å². The van der Waals surface area contributed by atoms with Crippen molar-refractivity contribution in [1.29, 1.82) is 0 Å². The van der Waals surface area contributed by atoms with E-state index in [0.717, 1.165) is 0 Å². The summed E-state index contributed by atoms with van der Waals surface area (Å²) in [7, 11) is -4.78. The minimum absolute atomic E-state index is 0.124. The van der Waals surface area contributed by atoms with Crippen LogP contribution < -0.4 is 15.6 Å². The zero-order chi connectivity index (χ0) is 22.6. The third-order valence-electron chi connectivity index (χ3n) is 4.48. The lowest BCUT2D eigenvalue weighted by atomic mass is 10.0. The zero-order valence-electron chi connectivity index (χ0n) is 16.5. The first kappa shape index (κ1) is 24.4. The number of nitrogens with one attached hydrogen (secondary N) is 1. The Balaban J connectivity index is 2.13. The Hall–Kier alpha value is -1.92. The number of phosphoric ester groups is 1. The molecule has 0 spiro atoms. The number of primary amides is 1. The highest BCUT2D eigenvalue weighted by molar-refractivity contribution is 7.46. The van der Waals surface area contributed by atoms with Crippen molar-refractivity contribution in [3.05, 3.63) is 30.1 Å². The summed E-state index contributed by atoms with van der Waals surface area (Å²) in [6, 6.07) is 2.12. The average molecular weight is 448 g/mol. The van der Waals surface area contributed by atoms with Crippen molar-refractivity contribution < 1.29 is 48.0 Å². The summed E-state index contributed by atoms with van der Waals surface area (Å²) in [4.78, 5) is 41.7. The molecule has 2 rings (SSSR count).